The molecule has 13 heavy (non-hydrogen) atoms. The van der Waals surface area contributed by atoms with E-state index >= 15 is 0 Å². The number of carbonyl (C=O) groups excluding carboxylic acids is 1. The molecule has 2 heterocycles. The number of hydrogen-bond donors (Lipinski definition) is 0. The Morgan fingerprint density at radius 2 is 2.38 bits per heavy atom. The summed E-state index contributed by atoms with van der Waals surface area (Å²) in [6, 6.07) is 3.47. The Kier molecular flexibility index (Phi) is 1.81. The largest absolute Gasteiger partial charge is 0.464 e. The van der Waals surface area contributed by atoms with Crippen LogP contribution >= 0.6 is 0 Å². The molecule has 1 aromatic rings. The fourth-order valence-electron chi connectivity index (χ4n) is 1.21. The summed E-state index contributed by atoms with van der Waals surface area (Å²) in [6.45, 7) is 0.556. The minimum Gasteiger partial charge on any atom is -0.464 e. The van der Waals surface area contributed by atoms with Crippen molar-refractivity contribution in [1.82, 2.24) is 4.98 Å². The third-order valence-corrected chi connectivity index (χ3v) is 1.88. The van der Waals surface area contributed by atoms with Gasteiger partial charge in [-0.15, -0.1) is 0 Å². The summed E-state index contributed by atoms with van der Waals surface area (Å²) >= 11 is 0. The lowest BCUT2D eigenvalue weighted by Crippen LogP contribution is -2.06. The van der Waals surface area contributed by atoms with E-state index in [2.05, 4.69) is 14.7 Å². The number of ether oxygens (including phenoxy) is 1. The van der Waals surface area contributed by atoms with Gasteiger partial charge in [0.05, 0.1) is 19.3 Å². The van der Waals surface area contributed by atoms with Crippen LogP contribution in [0, 0.1) is 0 Å². The standard InChI is InChI=1S/C9H8N2O2/c1-13-9(12)7-3-2-6-4-10-5-8(6)11-7/h2-4H,5H2,1H3. The van der Waals surface area contributed by atoms with Gasteiger partial charge in [-0.25, -0.2) is 9.78 Å². The molecule has 4 nitrogen and oxygen atoms in total. The van der Waals surface area contributed by atoms with Crippen molar-refractivity contribution in [3.63, 3.8) is 0 Å². The van der Waals surface area contributed by atoms with E-state index < -0.39 is 5.97 Å². The summed E-state index contributed by atoms with van der Waals surface area (Å²) in [4.78, 5) is 19.3. The van der Waals surface area contributed by atoms with Crippen LogP contribution in [0.25, 0.3) is 0 Å². The smallest absolute Gasteiger partial charge is 0.356 e. The van der Waals surface area contributed by atoms with E-state index in [1.807, 2.05) is 6.07 Å². The van der Waals surface area contributed by atoms with E-state index in [-0.39, 0.29) is 0 Å². The predicted molar refractivity (Wildman–Crippen MR) is 46.9 cm³/mol. The van der Waals surface area contributed by atoms with E-state index in [0.717, 1.165) is 11.3 Å². The number of fused-ring (bicyclic) bond motifs is 1. The Labute approximate surface area is 75.3 Å². The molecule has 0 N–H and O–H groups in total. The van der Waals surface area contributed by atoms with Gasteiger partial charge in [-0.3, -0.25) is 4.99 Å². The van der Waals surface area contributed by atoms with Crippen molar-refractivity contribution in [2.24, 2.45) is 4.99 Å². The first kappa shape index (κ1) is 7.91. The summed E-state index contributed by atoms with van der Waals surface area (Å²) in [6.07, 6.45) is 1.75. The Morgan fingerprint density at radius 3 is 3.15 bits per heavy atom. The van der Waals surface area contributed by atoms with Crippen LogP contribution in [0.5, 0.6) is 0 Å². The van der Waals surface area contributed by atoms with Gasteiger partial charge in [0.25, 0.3) is 0 Å². The van der Waals surface area contributed by atoms with Gasteiger partial charge in [0, 0.05) is 11.8 Å². The topological polar surface area (TPSA) is 51.5 Å². The monoisotopic (exact) mass is 176 g/mol. The number of pyridine rings is 1. The Morgan fingerprint density at radius 1 is 1.54 bits per heavy atom. The minimum absolute atomic E-state index is 0.340. The second kappa shape index (κ2) is 2.97. The molecule has 0 aliphatic carbocycles. The maximum absolute atomic E-state index is 11.1. The zero-order valence-electron chi connectivity index (χ0n) is 7.15. The van der Waals surface area contributed by atoms with Crippen LogP contribution in [0.1, 0.15) is 21.7 Å². The molecular weight excluding hydrogens is 168 g/mol. The number of nitrogens with zero attached hydrogens (tertiary/aromatic N) is 2. The Bertz CT molecular complexity index is 385. The van der Waals surface area contributed by atoms with Crippen molar-refractivity contribution >= 4 is 12.2 Å². The fourth-order valence-corrected chi connectivity index (χ4v) is 1.21. The summed E-state index contributed by atoms with van der Waals surface area (Å²) in [5.74, 6) is -0.408. The molecule has 0 spiro atoms. The molecule has 0 fully saturated rings. The van der Waals surface area contributed by atoms with E-state index in [1.54, 1.807) is 12.3 Å². The first-order valence-electron chi connectivity index (χ1n) is 3.89. The van der Waals surface area contributed by atoms with Crippen molar-refractivity contribution in [2.75, 3.05) is 7.11 Å². The average molecular weight is 176 g/mol. The molecule has 2 rings (SSSR count). The molecule has 0 unspecified atom stereocenters. The maximum Gasteiger partial charge on any atom is 0.356 e. The molecule has 66 valence electrons. The molecule has 0 bridgehead atoms. The number of carbonyl (C=O) groups is 1. The number of aliphatic imine (C=N–C) groups is 1. The molecular formula is C9H8N2O2. The summed E-state index contributed by atoms with van der Waals surface area (Å²) in [5, 5.41) is 0. The number of esters is 1. The summed E-state index contributed by atoms with van der Waals surface area (Å²) in [5.41, 5.74) is 2.15. The van der Waals surface area contributed by atoms with E-state index in [9.17, 15) is 4.79 Å². The van der Waals surface area contributed by atoms with Crippen LogP contribution in [0.4, 0.5) is 0 Å². The van der Waals surface area contributed by atoms with Crippen LogP contribution in [0.15, 0.2) is 17.1 Å². The minimum atomic E-state index is -0.408. The first-order valence-corrected chi connectivity index (χ1v) is 3.89. The van der Waals surface area contributed by atoms with Crippen molar-refractivity contribution < 1.29 is 9.53 Å². The van der Waals surface area contributed by atoms with Gasteiger partial charge >= 0.3 is 5.97 Å². The highest BCUT2D eigenvalue weighted by atomic mass is 16.5. The lowest BCUT2D eigenvalue weighted by Gasteiger charge is -2.00. The summed E-state index contributed by atoms with van der Waals surface area (Å²) in [7, 11) is 1.34. The van der Waals surface area contributed by atoms with Crippen LogP contribution in [0.3, 0.4) is 0 Å². The Balaban J connectivity index is 2.38. The lowest BCUT2D eigenvalue weighted by atomic mass is 10.2. The van der Waals surface area contributed by atoms with Gasteiger partial charge in [-0.05, 0) is 12.1 Å². The quantitative estimate of drug-likeness (QED) is 0.595. The number of rotatable bonds is 1. The highest BCUT2D eigenvalue weighted by molar-refractivity contribution is 5.89. The van der Waals surface area contributed by atoms with Crippen LogP contribution < -0.4 is 0 Å². The zero-order valence-corrected chi connectivity index (χ0v) is 7.15. The highest BCUT2D eigenvalue weighted by Gasteiger charge is 2.12. The second-order valence-electron chi connectivity index (χ2n) is 2.69. The van der Waals surface area contributed by atoms with Crippen LogP contribution in [-0.2, 0) is 11.3 Å². The van der Waals surface area contributed by atoms with Crippen LogP contribution in [0.2, 0.25) is 0 Å². The normalized spacial score (nSPS) is 12.7. The molecule has 0 atom stereocenters. The molecule has 1 aliphatic heterocycles. The predicted octanol–water partition coefficient (Wildman–Crippen LogP) is 0.801. The lowest BCUT2D eigenvalue weighted by molar-refractivity contribution is 0.0594. The number of aromatic nitrogens is 1. The third-order valence-electron chi connectivity index (χ3n) is 1.88. The van der Waals surface area contributed by atoms with E-state index in [1.165, 1.54) is 7.11 Å². The van der Waals surface area contributed by atoms with Gasteiger partial charge in [-0.2, -0.15) is 0 Å². The van der Waals surface area contributed by atoms with E-state index in [4.69, 9.17) is 0 Å². The van der Waals surface area contributed by atoms with Gasteiger partial charge in [-0.1, -0.05) is 0 Å². The molecule has 0 saturated heterocycles. The molecule has 4 heteroatoms. The zero-order chi connectivity index (χ0) is 9.26. The average Bonchev–Trinajstić information content (AvgIpc) is 2.63. The van der Waals surface area contributed by atoms with Gasteiger partial charge in [0.15, 0.2) is 0 Å². The molecule has 0 amide bonds. The molecule has 1 aromatic heterocycles. The summed E-state index contributed by atoms with van der Waals surface area (Å²) < 4.78 is 4.55. The van der Waals surface area contributed by atoms with E-state index in [0.29, 0.717) is 12.2 Å². The second-order valence-corrected chi connectivity index (χ2v) is 2.69. The van der Waals surface area contributed by atoms with Gasteiger partial charge in [0.1, 0.15) is 5.69 Å². The number of methoxy groups -OCH3 is 1. The van der Waals surface area contributed by atoms with Crippen molar-refractivity contribution in [3.8, 4) is 0 Å². The highest BCUT2D eigenvalue weighted by Crippen LogP contribution is 2.12. The third kappa shape index (κ3) is 1.30. The van der Waals surface area contributed by atoms with Crippen molar-refractivity contribution in [2.45, 2.75) is 6.54 Å². The first-order chi connectivity index (χ1) is 6.31. The van der Waals surface area contributed by atoms with Crippen molar-refractivity contribution in [3.05, 3.63) is 29.1 Å². The molecule has 0 aromatic carbocycles. The molecule has 0 radical (unpaired) electrons. The SMILES string of the molecule is COC(=O)c1ccc2c(n1)CN=C2. The maximum atomic E-state index is 11.1. The van der Waals surface area contributed by atoms with Gasteiger partial charge < -0.3 is 4.74 Å². The fraction of sp³-hybridized carbons (Fsp3) is 0.222. The molecule has 0 saturated carbocycles. The van der Waals surface area contributed by atoms with Gasteiger partial charge in [0.2, 0.25) is 0 Å². The molecule has 1 aliphatic rings. The Hall–Kier alpha value is -1.71. The van der Waals surface area contributed by atoms with Crippen molar-refractivity contribution in [1.29, 1.82) is 0 Å². The van der Waals surface area contributed by atoms with Crippen LogP contribution in [-0.4, -0.2) is 24.3 Å². The number of hydrogen-bond acceptors (Lipinski definition) is 4.